The molecule has 0 radical (unpaired) electrons. The number of aryl methyl sites for hydroxylation is 2. The van der Waals surface area contributed by atoms with Gasteiger partial charge in [-0.2, -0.15) is 0 Å². The van der Waals surface area contributed by atoms with E-state index in [1.807, 2.05) is 13.0 Å². The molecule has 0 saturated carbocycles. The number of sulfonamides is 1. The lowest BCUT2D eigenvalue weighted by atomic mass is 10.1. The number of benzene rings is 1. The van der Waals surface area contributed by atoms with Gasteiger partial charge in [0.05, 0.1) is 5.69 Å². The van der Waals surface area contributed by atoms with Gasteiger partial charge in [-0.3, -0.25) is 9.71 Å². The Hall–Kier alpha value is -1.44. The molecule has 2 rings (SSSR count). The maximum atomic E-state index is 12.6. The molecule has 0 atom stereocenters. The van der Waals surface area contributed by atoms with Gasteiger partial charge in [0.15, 0.2) is 0 Å². The van der Waals surface area contributed by atoms with E-state index in [2.05, 4.69) is 25.6 Å². The van der Waals surface area contributed by atoms with E-state index < -0.39 is 10.0 Å². The molecular weight excluding hydrogens is 354 g/mol. The van der Waals surface area contributed by atoms with E-state index in [1.165, 1.54) is 0 Å². The monoisotopic (exact) mass is 369 g/mol. The smallest absolute Gasteiger partial charge is 0.263 e. The summed E-state index contributed by atoms with van der Waals surface area (Å²) in [6.07, 6.45) is 1.56. The molecule has 0 aliphatic heterocycles. The minimum absolute atomic E-state index is 0.178. The predicted molar refractivity (Wildman–Crippen MR) is 86.6 cm³/mol. The molecule has 5 nitrogen and oxygen atoms in total. The maximum Gasteiger partial charge on any atom is 0.263 e. The zero-order valence-electron chi connectivity index (χ0n) is 11.7. The van der Waals surface area contributed by atoms with Crippen LogP contribution in [-0.2, 0) is 16.6 Å². The van der Waals surface area contributed by atoms with Crippen LogP contribution in [0.15, 0.2) is 39.8 Å². The summed E-state index contributed by atoms with van der Waals surface area (Å²) in [6, 6.07) is 6.72. The van der Waals surface area contributed by atoms with Crippen molar-refractivity contribution in [1.29, 1.82) is 0 Å². The van der Waals surface area contributed by atoms with Crippen molar-refractivity contribution in [3.05, 3.63) is 51.8 Å². The normalized spacial score (nSPS) is 11.4. The first kappa shape index (κ1) is 15.9. The molecular formula is C14H16BrN3O2S. The highest BCUT2D eigenvalue weighted by atomic mass is 79.9. The molecule has 2 aromatic rings. The number of pyridine rings is 1. The van der Waals surface area contributed by atoms with E-state index in [1.54, 1.807) is 31.3 Å². The van der Waals surface area contributed by atoms with Crippen molar-refractivity contribution >= 4 is 31.6 Å². The predicted octanol–water partition coefficient (Wildman–Crippen LogP) is 2.72. The summed E-state index contributed by atoms with van der Waals surface area (Å²) in [4.78, 5) is 4.22. The zero-order valence-corrected chi connectivity index (χ0v) is 14.1. The summed E-state index contributed by atoms with van der Waals surface area (Å²) in [5.74, 6) is 0. The van der Waals surface area contributed by atoms with Gasteiger partial charge in [-0.05, 0) is 59.1 Å². The minimum atomic E-state index is -3.70. The number of nitrogens with zero attached hydrogens (tertiary/aromatic N) is 1. The molecule has 0 bridgehead atoms. The van der Waals surface area contributed by atoms with Gasteiger partial charge in [0.1, 0.15) is 4.90 Å². The number of aromatic nitrogens is 1. The van der Waals surface area contributed by atoms with Crippen LogP contribution >= 0.6 is 15.9 Å². The quantitative estimate of drug-likeness (QED) is 0.867. The van der Waals surface area contributed by atoms with Crippen LogP contribution in [0.5, 0.6) is 0 Å². The fraction of sp³-hybridized carbons (Fsp3) is 0.214. The number of anilines is 1. The Morgan fingerprint density at radius 3 is 2.62 bits per heavy atom. The number of hydrogen-bond acceptors (Lipinski definition) is 4. The lowest BCUT2D eigenvalue weighted by Crippen LogP contribution is -2.15. The fourth-order valence-electron chi connectivity index (χ4n) is 1.94. The highest BCUT2D eigenvalue weighted by Gasteiger charge is 2.20. The second kappa shape index (κ2) is 6.13. The third-order valence-corrected chi connectivity index (χ3v) is 5.68. The molecule has 112 valence electrons. The highest BCUT2D eigenvalue weighted by Crippen LogP contribution is 2.28. The van der Waals surface area contributed by atoms with Crippen molar-refractivity contribution in [1.82, 2.24) is 4.98 Å². The Balaban J connectivity index is 2.47. The molecule has 0 amide bonds. The molecule has 3 N–H and O–H groups in total. The topological polar surface area (TPSA) is 85.1 Å². The summed E-state index contributed by atoms with van der Waals surface area (Å²) in [5.41, 5.74) is 8.42. The van der Waals surface area contributed by atoms with Crippen molar-refractivity contribution in [2.45, 2.75) is 25.3 Å². The van der Waals surface area contributed by atoms with Crippen LogP contribution in [0, 0.1) is 13.8 Å². The van der Waals surface area contributed by atoms with Gasteiger partial charge in [0.25, 0.3) is 10.0 Å². The Bertz CT molecular complexity index is 776. The standard InChI is InChI=1S/C14H16BrN3O2S/c1-9-5-11(8-16)7-13(14(9)15)21(19,20)18-12-3-4-17-10(2)6-12/h3-7H,8,16H2,1-2H3,(H,17,18). The summed E-state index contributed by atoms with van der Waals surface area (Å²) in [7, 11) is -3.70. The van der Waals surface area contributed by atoms with Gasteiger partial charge in [-0.1, -0.05) is 6.07 Å². The van der Waals surface area contributed by atoms with E-state index in [9.17, 15) is 8.42 Å². The van der Waals surface area contributed by atoms with Gasteiger partial charge in [0, 0.05) is 22.9 Å². The molecule has 0 unspecified atom stereocenters. The van der Waals surface area contributed by atoms with Crippen LogP contribution in [0.2, 0.25) is 0 Å². The van der Waals surface area contributed by atoms with Gasteiger partial charge in [0.2, 0.25) is 0 Å². The number of nitrogens with two attached hydrogens (primary N) is 1. The first-order valence-electron chi connectivity index (χ1n) is 6.28. The third-order valence-electron chi connectivity index (χ3n) is 2.96. The Labute approximate surface area is 132 Å². The summed E-state index contributed by atoms with van der Waals surface area (Å²) >= 11 is 3.33. The average Bonchev–Trinajstić information content (AvgIpc) is 2.41. The van der Waals surface area contributed by atoms with Crippen molar-refractivity contribution < 1.29 is 8.42 Å². The van der Waals surface area contributed by atoms with Crippen LogP contribution in [0.25, 0.3) is 0 Å². The molecule has 1 aromatic carbocycles. The van der Waals surface area contributed by atoms with Crippen molar-refractivity contribution in [3.8, 4) is 0 Å². The van der Waals surface area contributed by atoms with Gasteiger partial charge in [-0.15, -0.1) is 0 Å². The molecule has 0 aliphatic rings. The van der Waals surface area contributed by atoms with E-state index in [0.717, 1.165) is 16.8 Å². The van der Waals surface area contributed by atoms with Crippen molar-refractivity contribution in [2.24, 2.45) is 5.73 Å². The first-order chi connectivity index (χ1) is 9.83. The SMILES string of the molecule is Cc1cc(NS(=O)(=O)c2cc(CN)cc(C)c2Br)ccn1. The zero-order chi connectivity index (χ0) is 15.6. The second-order valence-electron chi connectivity index (χ2n) is 4.72. The molecule has 7 heteroatoms. The van der Waals surface area contributed by atoms with Gasteiger partial charge >= 0.3 is 0 Å². The van der Waals surface area contributed by atoms with E-state index in [-0.39, 0.29) is 11.4 Å². The summed E-state index contributed by atoms with van der Waals surface area (Å²) in [6.45, 7) is 3.91. The Morgan fingerprint density at radius 1 is 1.29 bits per heavy atom. The van der Waals surface area contributed by atoms with E-state index in [4.69, 9.17) is 5.73 Å². The second-order valence-corrected chi connectivity index (χ2v) is 7.16. The fourth-order valence-corrected chi connectivity index (χ4v) is 4.06. The number of halogens is 1. The van der Waals surface area contributed by atoms with Gasteiger partial charge < -0.3 is 5.73 Å². The highest BCUT2D eigenvalue weighted by molar-refractivity contribution is 9.10. The van der Waals surface area contributed by atoms with Crippen LogP contribution in [-0.4, -0.2) is 13.4 Å². The summed E-state index contributed by atoms with van der Waals surface area (Å²) in [5, 5.41) is 0. The maximum absolute atomic E-state index is 12.6. The molecule has 0 fully saturated rings. The van der Waals surface area contributed by atoms with Crippen LogP contribution in [0.4, 0.5) is 5.69 Å². The van der Waals surface area contributed by atoms with E-state index in [0.29, 0.717) is 10.2 Å². The number of nitrogens with one attached hydrogen (secondary N) is 1. The van der Waals surface area contributed by atoms with Crippen LogP contribution in [0.3, 0.4) is 0 Å². The Kier molecular flexibility index (Phi) is 4.65. The first-order valence-corrected chi connectivity index (χ1v) is 8.55. The minimum Gasteiger partial charge on any atom is -0.326 e. The van der Waals surface area contributed by atoms with Gasteiger partial charge in [-0.25, -0.2) is 8.42 Å². The number of rotatable bonds is 4. The lowest BCUT2D eigenvalue weighted by Gasteiger charge is -2.13. The average molecular weight is 370 g/mol. The number of hydrogen-bond donors (Lipinski definition) is 2. The van der Waals surface area contributed by atoms with E-state index >= 15 is 0 Å². The molecule has 1 aromatic heterocycles. The summed E-state index contributed by atoms with van der Waals surface area (Å²) < 4.78 is 28.2. The van der Waals surface area contributed by atoms with Crippen molar-refractivity contribution in [2.75, 3.05) is 4.72 Å². The molecule has 1 heterocycles. The van der Waals surface area contributed by atoms with Crippen LogP contribution in [0.1, 0.15) is 16.8 Å². The third kappa shape index (κ3) is 3.61. The molecule has 0 saturated heterocycles. The molecule has 0 spiro atoms. The largest absolute Gasteiger partial charge is 0.326 e. The Morgan fingerprint density at radius 2 is 2.00 bits per heavy atom. The van der Waals surface area contributed by atoms with Crippen molar-refractivity contribution in [3.63, 3.8) is 0 Å². The lowest BCUT2D eigenvalue weighted by molar-refractivity contribution is 0.600. The molecule has 0 aliphatic carbocycles. The van der Waals surface area contributed by atoms with Crippen LogP contribution < -0.4 is 10.5 Å². The molecule has 21 heavy (non-hydrogen) atoms.